The highest BCUT2D eigenvalue weighted by Crippen LogP contribution is 2.19. The Balaban J connectivity index is 0.000000531. The van der Waals surface area contributed by atoms with Gasteiger partial charge in [-0.15, -0.1) is 0 Å². The number of rotatable bonds is 2. The van der Waals surface area contributed by atoms with Gasteiger partial charge in [0.25, 0.3) is 0 Å². The van der Waals surface area contributed by atoms with E-state index in [1.165, 1.54) is 0 Å². The first kappa shape index (κ1) is 11.4. The summed E-state index contributed by atoms with van der Waals surface area (Å²) in [7, 11) is 0. The highest BCUT2D eigenvalue weighted by atomic mass is 16.6. The molecule has 0 amide bonds. The van der Waals surface area contributed by atoms with Crippen LogP contribution in [0.4, 0.5) is 0 Å². The molecule has 0 aliphatic heterocycles. The van der Waals surface area contributed by atoms with Gasteiger partial charge in [-0.05, 0) is 11.6 Å². The third-order valence-corrected chi connectivity index (χ3v) is 1.94. The lowest BCUT2D eigenvalue weighted by molar-refractivity contribution is 0.304. The predicted molar refractivity (Wildman–Crippen MR) is 60.5 cm³/mol. The van der Waals surface area contributed by atoms with Gasteiger partial charge in [-0.25, -0.2) is 4.63 Å². The summed E-state index contributed by atoms with van der Waals surface area (Å²) < 4.78 is 4.69. The SMILES string of the molecule is CC.CCc1nonc1-c1ccccc1. The van der Waals surface area contributed by atoms with Crippen LogP contribution in [-0.4, -0.2) is 10.3 Å². The maximum Gasteiger partial charge on any atom is 0.138 e. The molecule has 2 aromatic rings. The standard InChI is InChI=1S/C10H10N2O.C2H6/c1-2-9-10(12-13-11-9)8-6-4-3-5-7-8;1-2/h3-7H,2H2,1H3;1-2H3. The Kier molecular flexibility index (Phi) is 4.54. The van der Waals surface area contributed by atoms with Crippen molar-refractivity contribution in [1.82, 2.24) is 10.3 Å². The van der Waals surface area contributed by atoms with E-state index in [0.717, 1.165) is 23.4 Å². The zero-order valence-corrected chi connectivity index (χ0v) is 9.40. The second-order valence-corrected chi connectivity index (χ2v) is 2.78. The van der Waals surface area contributed by atoms with Crippen molar-refractivity contribution in [2.75, 3.05) is 0 Å². The normalized spacial score (nSPS) is 9.27. The maximum absolute atomic E-state index is 4.69. The van der Waals surface area contributed by atoms with E-state index in [2.05, 4.69) is 10.3 Å². The first-order valence-electron chi connectivity index (χ1n) is 5.28. The van der Waals surface area contributed by atoms with Gasteiger partial charge in [0.1, 0.15) is 11.4 Å². The van der Waals surface area contributed by atoms with Crippen LogP contribution < -0.4 is 0 Å². The summed E-state index contributed by atoms with van der Waals surface area (Å²) in [4.78, 5) is 0. The van der Waals surface area contributed by atoms with Crippen molar-refractivity contribution in [3.8, 4) is 11.3 Å². The van der Waals surface area contributed by atoms with Crippen molar-refractivity contribution in [1.29, 1.82) is 0 Å². The van der Waals surface area contributed by atoms with Gasteiger partial charge < -0.3 is 0 Å². The maximum atomic E-state index is 4.69. The highest BCUT2D eigenvalue weighted by molar-refractivity contribution is 5.60. The topological polar surface area (TPSA) is 38.9 Å². The summed E-state index contributed by atoms with van der Waals surface area (Å²) >= 11 is 0. The fourth-order valence-electron chi connectivity index (χ4n) is 1.25. The van der Waals surface area contributed by atoms with E-state index in [9.17, 15) is 0 Å². The number of aromatic nitrogens is 2. The van der Waals surface area contributed by atoms with Gasteiger partial charge in [-0.2, -0.15) is 0 Å². The Hall–Kier alpha value is -1.64. The van der Waals surface area contributed by atoms with E-state index in [1.54, 1.807) is 0 Å². The Labute approximate surface area is 90.1 Å². The lowest BCUT2D eigenvalue weighted by Gasteiger charge is -1.94. The monoisotopic (exact) mass is 204 g/mol. The van der Waals surface area contributed by atoms with Crippen LogP contribution in [0, 0.1) is 0 Å². The minimum atomic E-state index is 0.841. The molecule has 0 atom stereocenters. The number of aryl methyl sites for hydroxylation is 1. The van der Waals surface area contributed by atoms with Crippen LogP contribution in [-0.2, 0) is 6.42 Å². The first-order chi connectivity index (χ1) is 7.42. The molecule has 80 valence electrons. The molecule has 15 heavy (non-hydrogen) atoms. The molecule has 3 nitrogen and oxygen atoms in total. The van der Waals surface area contributed by atoms with Crippen molar-refractivity contribution >= 4 is 0 Å². The van der Waals surface area contributed by atoms with E-state index in [1.807, 2.05) is 51.1 Å². The molecule has 0 unspecified atom stereocenters. The molecule has 2 rings (SSSR count). The molecule has 0 bridgehead atoms. The van der Waals surface area contributed by atoms with E-state index >= 15 is 0 Å². The number of hydrogen-bond acceptors (Lipinski definition) is 3. The quantitative estimate of drug-likeness (QED) is 0.753. The van der Waals surface area contributed by atoms with Gasteiger partial charge in [0, 0.05) is 5.56 Å². The Bertz CT molecular complexity index is 382. The molecular formula is C12H16N2O. The highest BCUT2D eigenvalue weighted by Gasteiger charge is 2.08. The van der Waals surface area contributed by atoms with Crippen molar-refractivity contribution in [2.45, 2.75) is 27.2 Å². The Morgan fingerprint density at radius 1 is 1.07 bits per heavy atom. The molecule has 1 aromatic carbocycles. The molecule has 0 saturated carbocycles. The van der Waals surface area contributed by atoms with Crippen LogP contribution in [0.5, 0.6) is 0 Å². The average Bonchev–Trinajstić information content (AvgIpc) is 2.81. The van der Waals surface area contributed by atoms with Gasteiger partial charge in [-0.3, -0.25) is 0 Å². The van der Waals surface area contributed by atoms with E-state index in [0.29, 0.717) is 0 Å². The summed E-state index contributed by atoms with van der Waals surface area (Å²) in [5.74, 6) is 0. The van der Waals surface area contributed by atoms with E-state index < -0.39 is 0 Å². The van der Waals surface area contributed by atoms with Crippen LogP contribution in [0.25, 0.3) is 11.3 Å². The van der Waals surface area contributed by atoms with E-state index in [-0.39, 0.29) is 0 Å². The summed E-state index contributed by atoms with van der Waals surface area (Å²) in [5, 5.41) is 7.70. The van der Waals surface area contributed by atoms with Crippen LogP contribution >= 0.6 is 0 Å². The van der Waals surface area contributed by atoms with Crippen molar-refractivity contribution in [2.24, 2.45) is 0 Å². The first-order valence-corrected chi connectivity index (χ1v) is 5.28. The molecule has 0 spiro atoms. The molecule has 1 heterocycles. The zero-order chi connectivity index (χ0) is 11.1. The minimum absolute atomic E-state index is 0.841. The van der Waals surface area contributed by atoms with Crippen LogP contribution in [0.15, 0.2) is 35.0 Å². The lowest BCUT2D eigenvalue weighted by Crippen LogP contribution is -1.84. The van der Waals surface area contributed by atoms with Crippen molar-refractivity contribution in [3.05, 3.63) is 36.0 Å². The minimum Gasteiger partial charge on any atom is -0.244 e. The summed E-state index contributed by atoms with van der Waals surface area (Å²) in [6, 6.07) is 9.92. The largest absolute Gasteiger partial charge is 0.244 e. The second-order valence-electron chi connectivity index (χ2n) is 2.78. The molecular weight excluding hydrogens is 188 g/mol. The second kappa shape index (κ2) is 5.96. The molecule has 0 saturated heterocycles. The third-order valence-electron chi connectivity index (χ3n) is 1.94. The van der Waals surface area contributed by atoms with Gasteiger partial charge in [0.05, 0.1) is 0 Å². The lowest BCUT2D eigenvalue weighted by atomic mass is 10.1. The number of benzene rings is 1. The Morgan fingerprint density at radius 2 is 1.73 bits per heavy atom. The number of nitrogens with zero attached hydrogens (tertiary/aromatic N) is 2. The molecule has 0 fully saturated rings. The summed E-state index contributed by atoms with van der Waals surface area (Å²) in [5.41, 5.74) is 2.81. The molecule has 1 aromatic heterocycles. The molecule has 0 aliphatic rings. The van der Waals surface area contributed by atoms with Crippen LogP contribution in [0.1, 0.15) is 26.5 Å². The van der Waals surface area contributed by atoms with Gasteiger partial charge in [0.2, 0.25) is 0 Å². The zero-order valence-electron chi connectivity index (χ0n) is 9.40. The van der Waals surface area contributed by atoms with Crippen LogP contribution in [0.2, 0.25) is 0 Å². The molecule has 0 N–H and O–H groups in total. The smallest absolute Gasteiger partial charge is 0.138 e. The number of hydrogen-bond donors (Lipinski definition) is 0. The van der Waals surface area contributed by atoms with Crippen molar-refractivity contribution < 1.29 is 4.63 Å². The Morgan fingerprint density at radius 3 is 2.33 bits per heavy atom. The summed E-state index contributed by atoms with van der Waals surface area (Å²) in [6.07, 6.45) is 0.841. The van der Waals surface area contributed by atoms with E-state index in [4.69, 9.17) is 4.63 Å². The third kappa shape index (κ3) is 2.65. The van der Waals surface area contributed by atoms with Crippen molar-refractivity contribution in [3.63, 3.8) is 0 Å². The van der Waals surface area contributed by atoms with Gasteiger partial charge in [0.15, 0.2) is 0 Å². The average molecular weight is 204 g/mol. The van der Waals surface area contributed by atoms with Crippen LogP contribution in [0.3, 0.4) is 0 Å². The molecule has 0 radical (unpaired) electrons. The fourth-order valence-corrected chi connectivity index (χ4v) is 1.25. The molecule has 3 heteroatoms. The predicted octanol–water partition coefficient (Wildman–Crippen LogP) is 3.33. The van der Waals surface area contributed by atoms with Gasteiger partial charge >= 0.3 is 0 Å². The fraction of sp³-hybridized carbons (Fsp3) is 0.333. The van der Waals surface area contributed by atoms with Gasteiger partial charge in [-0.1, -0.05) is 56.3 Å². The molecule has 0 aliphatic carbocycles. The summed E-state index contributed by atoms with van der Waals surface area (Å²) in [6.45, 7) is 6.03.